The number of likely N-dealkylation sites (N-methyl/N-ethyl adjacent to an activating group) is 1. The Morgan fingerprint density at radius 2 is 1.80 bits per heavy atom. The van der Waals surface area contributed by atoms with Gasteiger partial charge in [0.2, 0.25) is 11.8 Å². The van der Waals surface area contributed by atoms with E-state index in [-0.39, 0.29) is 48.0 Å². The summed E-state index contributed by atoms with van der Waals surface area (Å²) in [6, 6.07) is 8.86. The van der Waals surface area contributed by atoms with E-state index in [0.29, 0.717) is 43.8 Å². The van der Waals surface area contributed by atoms with E-state index in [2.05, 4.69) is 47.6 Å². The Morgan fingerprint density at radius 1 is 1.07 bits per heavy atom. The van der Waals surface area contributed by atoms with Crippen LogP contribution in [0.2, 0.25) is 0 Å². The molecule has 0 saturated carbocycles. The van der Waals surface area contributed by atoms with Crippen molar-refractivity contribution in [3.8, 4) is 0 Å². The average molecular weight is 640 g/mol. The fourth-order valence-corrected chi connectivity index (χ4v) is 8.22. The summed E-state index contributed by atoms with van der Waals surface area (Å²) in [7, 11) is 2.07. The second-order valence-corrected chi connectivity index (χ2v) is 15.1. The molecule has 0 radical (unpaired) electrons. The third-order valence-electron chi connectivity index (χ3n) is 9.37. The lowest BCUT2D eigenvalue weighted by Crippen LogP contribution is -2.45. The van der Waals surface area contributed by atoms with E-state index in [9.17, 15) is 14.4 Å². The van der Waals surface area contributed by atoms with Gasteiger partial charge in [-0.2, -0.15) is 0 Å². The number of fused-ring (bicyclic) bond motifs is 1. The number of aromatic nitrogens is 3. The highest BCUT2D eigenvalue weighted by atomic mass is 32.2. The van der Waals surface area contributed by atoms with Gasteiger partial charge in [-0.1, -0.05) is 32.9 Å². The molecule has 1 aromatic carbocycles. The van der Waals surface area contributed by atoms with Crippen LogP contribution in [0.5, 0.6) is 0 Å². The maximum Gasteiger partial charge on any atom is 0.327 e. The Kier molecular flexibility index (Phi) is 8.98. The largest absolute Gasteiger partial charge is 0.366 e. The van der Waals surface area contributed by atoms with Gasteiger partial charge in [-0.25, -0.2) is 14.2 Å². The van der Waals surface area contributed by atoms with E-state index in [1.54, 1.807) is 16.8 Å². The van der Waals surface area contributed by atoms with Gasteiger partial charge in [0.05, 0.1) is 16.5 Å². The number of carbonyl (C=O) groups excluding carboxylic acids is 2. The summed E-state index contributed by atoms with van der Waals surface area (Å²) in [6.07, 6.45) is 3.86. The fourth-order valence-electron chi connectivity index (χ4n) is 6.72. The van der Waals surface area contributed by atoms with Gasteiger partial charge in [0.25, 0.3) is 0 Å². The number of nitrogens with one attached hydrogen (secondary N) is 1. The number of hydrogen-bond donors (Lipinski definition) is 1. The Hall–Kier alpha value is -3.38. The number of nitrogens with zero attached hydrogens (tertiary/aromatic N) is 6. The van der Waals surface area contributed by atoms with Crippen molar-refractivity contribution in [1.29, 1.82) is 0 Å². The lowest BCUT2D eigenvalue weighted by molar-refractivity contribution is -0.136. The van der Waals surface area contributed by atoms with Crippen molar-refractivity contribution >= 4 is 40.4 Å². The molecule has 2 atom stereocenters. The van der Waals surface area contributed by atoms with Crippen LogP contribution in [0.4, 0.5) is 10.1 Å². The molecule has 10 nitrogen and oxygen atoms in total. The first kappa shape index (κ1) is 31.6. The molecule has 3 fully saturated rings. The van der Waals surface area contributed by atoms with Crippen LogP contribution in [0.3, 0.4) is 0 Å². The number of H-pyrrole nitrogens is 1. The summed E-state index contributed by atoms with van der Waals surface area (Å²) in [4.78, 5) is 55.4. The predicted octanol–water partition coefficient (Wildman–Crippen LogP) is 4.49. The zero-order chi connectivity index (χ0) is 31.9. The van der Waals surface area contributed by atoms with Crippen molar-refractivity contribution in [2.75, 3.05) is 57.8 Å². The van der Waals surface area contributed by atoms with E-state index in [0.717, 1.165) is 43.7 Å². The molecule has 3 saturated heterocycles. The van der Waals surface area contributed by atoms with Crippen molar-refractivity contribution in [3.63, 3.8) is 0 Å². The molecule has 5 heterocycles. The van der Waals surface area contributed by atoms with Crippen LogP contribution in [-0.4, -0.2) is 99.2 Å². The molecule has 2 aromatic heterocycles. The SMILES string of the molecule is CN1CCN(c2c(F)cccc2C2SC(CC(=O)N3CCC(n4c(=O)[nH]c5ncccc54)CC3)C(=O)N2CCC(C)(C)C)CC1.[HH]. The van der Waals surface area contributed by atoms with Crippen molar-refractivity contribution in [2.24, 2.45) is 5.41 Å². The maximum absolute atomic E-state index is 15.5. The first-order valence-corrected chi connectivity index (χ1v) is 17.0. The Balaban J connectivity index is 0.00000417. The van der Waals surface area contributed by atoms with Crippen LogP contribution in [-0.2, 0) is 9.59 Å². The number of likely N-dealkylation sites (tertiary alicyclic amines) is 1. The zero-order valence-corrected chi connectivity index (χ0v) is 27.5. The normalized spacial score (nSPS) is 22.2. The third-order valence-corrected chi connectivity index (χ3v) is 10.8. The Morgan fingerprint density at radius 3 is 2.51 bits per heavy atom. The summed E-state index contributed by atoms with van der Waals surface area (Å²) in [5, 5.41) is -0.901. The van der Waals surface area contributed by atoms with Crippen molar-refractivity contribution < 1.29 is 15.4 Å². The minimum absolute atomic E-state index is 0. The number of aromatic amines is 1. The molecule has 2 amide bonds. The Bertz CT molecular complexity index is 1610. The average Bonchev–Trinajstić information content (AvgIpc) is 3.51. The van der Waals surface area contributed by atoms with E-state index < -0.39 is 5.25 Å². The van der Waals surface area contributed by atoms with Gasteiger partial charge >= 0.3 is 5.69 Å². The number of piperidine rings is 1. The molecule has 6 rings (SSSR count). The predicted molar refractivity (Wildman–Crippen MR) is 178 cm³/mol. The first-order valence-electron chi connectivity index (χ1n) is 16.0. The van der Waals surface area contributed by atoms with Crippen molar-refractivity contribution in [3.05, 3.63) is 58.4 Å². The van der Waals surface area contributed by atoms with Crippen molar-refractivity contribution in [1.82, 2.24) is 29.2 Å². The lowest BCUT2D eigenvalue weighted by Gasteiger charge is -2.37. The van der Waals surface area contributed by atoms with Crippen molar-refractivity contribution in [2.45, 2.75) is 63.1 Å². The van der Waals surface area contributed by atoms with E-state index in [1.807, 2.05) is 28.0 Å². The number of para-hydroxylation sites is 1. The number of rotatable bonds is 7. The quantitative estimate of drug-likeness (QED) is 0.407. The lowest BCUT2D eigenvalue weighted by atomic mass is 9.92. The molecular weight excluding hydrogens is 593 g/mol. The zero-order valence-electron chi connectivity index (χ0n) is 26.7. The molecule has 0 aliphatic carbocycles. The van der Waals surface area contributed by atoms with Gasteiger partial charge in [-0.15, -0.1) is 11.8 Å². The Labute approximate surface area is 269 Å². The molecule has 0 spiro atoms. The number of thioether (sulfide) groups is 1. The molecule has 3 aromatic rings. The van der Waals surface area contributed by atoms with E-state index in [4.69, 9.17) is 0 Å². The van der Waals surface area contributed by atoms with E-state index in [1.165, 1.54) is 17.8 Å². The standard InChI is InChI=1S/C33H44FN7O3S.H2/c1-33(2,3)12-16-40-30(43)26(45-31(40)23-7-5-8-24(34)28(23)39-19-17-37(4)18-20-39)21-27(42)38-14-10-22(11-15-38)41-25-9-6-13-35-29(25)36-32(41)44;/h5-9,13,22,26,31H,10-12,14-21H2,1-4H3,(H,35,36,44);1H. The second kappa shape index (κ2) is 12.8. The molecule has 12 heteroatoms. The maximum atomic E-state index is 15.5. The minimum atomic E-state index is -0.536. The topological polar surface area (TPSA) is 97.8 Å². The number of pyridine rings is 1. The smallest absolute Gasteiger partial charge is 0.327 e. The number of anilines is 1. The molecule has 1 N–H and O–H groups in total. The van der Waals surface area contributed by atoms with Crippen LogP contribution in [0, 0.1) is 11.2 Å². The monoisotopic (exact) mass is 639 g/mol. The highest BCUT2D eigenvalue weighted by Crippen LogP contribution is 2.48. The summed E-state index contributed by atoms with van der Waals surface area (Å²) >= 11 is 1.48. The van der Waals surface area contributed by atoms with Crippen LogP contribution in [0.15, 0.2) is 41.3 Å². The number of imidazole rings is 1. The van der Waals surface area contributed by atoms with Crippen LogP contribution < -0.4 is 10.6 Å². The number of halogens is 1. The number of piperazine rings is 1. The highest BCUT2D eigenvalue weighted by Gasteiger charge is 2.44. The summed E-state index contributed by atoms with van der Waals surface area (Å²) < 4.78 is 17.3. The fraction of sp³-hybridized carbons (Fsp3) is 0.576. The summed E-state index contributed by atoms with van der Waals surface area (Å²) in [5.41, 5.74) is 2.55. The highest BCUT2D eigenvalue weighted by molar-refractivity contribution is 8.01. The van der Waals surface area contributed by atoms with Gasteiger partial charge < -0.3 is 19.6 Å². The second-order valence-electron chi connectivity index (χ2n) is 13.8. The summed E-state index contributed by atoms with van der Waals surface area (Å²) in [6.45, 7) is 11.2. The molecule has 45 heavy (non-hydrogen) atoms. The molecule has 3 aliphatic heterocycles. The van der Waals surface area contributed by atoms with Crippen LogP contribution in [0.1, 0.15) is 64.9 Å². The number of carbonyl (C=O) groups is 2. The third kappa shape index (κ3) is 6.63. The summed E-state index contributed by atoms with van der Waals surface area (Å²) in [5.74, 6) is -0.375. The molecule has 2 unspecified atom stereocenters. The van der Waals surface area contributed by atoms with E-state index >= 15 is 4.39 Å². The molecular formula is C33H46FN7O3S. The number of amides is 2. The van der Waals surface area contributed by atoms with Gasteiger partial charge in [-0.3, -0.25) is 19.1 Å². The molecule has 3 aliphatic rings. The molecule has 0 bridgehead atoms. The van der Waals surface area contributed by atoms with Gasteiger partial charge in [0.15, 0.2) is 5.65 Å². The van der Waals surface area contributed by atoms with Gasteiger partial charge in [0.1, 0.15) is 11.2 Å². The number of hydrogen-bond acceptors (Lipinski definition) is 7. The molecule has 244 valence electrons. The first-order chi connectivity index (χ1) is 21.5. The van der Waals surface area contributed by atoms with Gasteiger partial charge in [-0.05, 0) is 49.9 Å². The van der Waals surface area contributed by atoms with Gasteiger partial charge in [0, 0.05) is 71.5 Å². The van der Waals surface area contributed by atoms with Crippen LogP contribution in [0.25, 0.3) is 11.2 Å². The van der Waals surface area contributed by atoms with Crippen LogP contribution >= 0.6 is 11.8 Å². The minimum Gasteiger partial charge on any atom is -0.366 e. The number of benzene rings is 1.